The van der Waals surface area contributed by atoms with Crippen LogP contribution in [0.25, 0.3) is 0 Å². The maximum Gasteiger partial charge on any atom is 0.262 e. The number of fused-ring (bicyclic) bond motifs is 1. The van der Waals surface area contributed by atoms with Crippen molar-refractivity contribution in [2.45, 2.75) is 13.0 Å². The van der Waals surface area contributed by atoms with E-state index in [9.17, 15) is 9.59 Å². The van der Waals surface area contributed by atoms with Crippen molar-refractivity contribution < 1.29 is 19.1 Å². The van der Waals surface area contributed by atoms with Crippen molar-refractivity contribution in [3.8, 4) is 5.75 Å². The van der Waals surface area contributed by atoms with E-state index >= 15 is 0 Å². The van der Waals surface area contributed by atoms with Crippen LogP contribution in [0, 0.1) is 0 Å². The molecule has 158 valence electrons. The molecule has 0 bridgehead atoms. The van der Waals surface area contributed by atoms with E-state index < -0.39 is 0 Å². The molecule has 2 amide bonds. The molecule has 0 unspecified atom stereocenters. The van der Waals surface area contributed by atoms with Crippen LogP contribution >= 0.6 is 0 Å². The molecule has 1 aromatic heterocycles. The standard InChI is InChI=1S/C22H26N4O4/c27-21-16-30-20-14-18(2-3-19(20)24-21)22(28)26(15-17-4-6-23-7-5-17)9-1-8-25-10-12-29-13-11-25/h2-7,14H,1,8-13,15-16H2,(H,24,27). The van der Waals surface area contributed by atoms with E-state index in [0.29, 0.717) is 30.1 Å². The van der Waals surface area contributed by atoms with Gasteiger partial charge in [0.15, 0.2) is 6.61 Å². The van der Waals surface area contributed by atoms with Gasteiger partial charge >= 0.3 is 0 Å². The van der Waals surface area contributed by atoms with Gasteiger partial charge in [0.1, 0.15) is 5.75 Å². The summed E-state index contributed by atoms with van der Waals surface area (Å²) in [4.78, 5) is 33.1. The van der Waals surface area contributed by atoms with Gasteiger partial charge in [-0.3, -0.25) is 19.5 Å². The molecule has 30 heavy (non-hydrogen) atoms. The Bertz CT molecular complexity index is 884. The molecule has 1 fully saturated rings. The Morgan fingerprint density at radius 3 is 2.77 bits per heavy atom. The molecule has 8 heteroatoms. The highest BCUT2D eigenvalue weighted by molar-refractivity contribution is 5.99. The zero-order chi connectivity index (χ0) is 20.8. The number of amides is 2. The maximum absolute atomic E-state index is 13.3. The summed E-state index contributed by atoms with van der Waals surface area (Å²) in [5, 5.41) is 2.75. The number of rotatable bonds is 7. The van der Waals surface area contributed by atoms with E-state index in [2.05, 4.69) is 15.2 Å². The summed E-state index contributed by atoms with van der Waals surface area (Å²) in [5.74, 6) is 0.277. The maximum atomic E-state index is 13.3. The van der Waals surface area contributed by atoms with Gasteiger partial charge in [0.2, 0.25) is 0 Å². The van der Waals surface area contributed by atoms with Crippen LogP contribution in [0.4, 0.5) is 5.69 Å². The highest BCUT2D eigenvalue weighted by atomic mass is 16.5. The normalized spacial score (nSPS) is 16.3. The third kappa shape index (κ3) is 5.14. The minimum Gasteiger partial charge on any atom is -0.482 e. The zero-order valence-electron chi connectivity index (χ0n) is 16.9. The van der Waals surface area contributed by atoms with Crippen molar-refractivity contribution in [2.24, 2.45) is 0 Å². The summed E-state index contributed by atoms with van der Waals surface area (Å²) in [6, 6.07) is 9.01. The Labute approximate surface area is 175 Å². The van der Waals surface area contributed by atoms with Crippen molar-refractivity contribution in [3.63, 3.8) is 0 Å². The van der Waals surface area contributed by atoms with Gasteiger partial charge in [0, 0.05) is 50.7 Å². The van der Waals surface area contributed by atoms with E-state index in [1.54, 1.807) is 30.6 Å². The second-order valence-electron chi connectivity index (χ2n) is 7.44. The van der Waals surface area contributed by atoms with Crippen LogP contribution < -0.4 is 10.1 Å². The van der Waals surface area contributed by atoms with Crippen LogP contribution in [-0.2, 0) is 16.1 Å². The second-order valence-corrected chi connectivity index (χ2v) is 7.44. The molecule has 0 atom stereocenters. The highest BCUT2D eigenvalue weighted by Gasteiger charge is 2.21. The topological polar surface area (TPSA) is 84.0 Å². The monoisotopic (exact) mass is 410 g/mol. The van der Waals surface area contributed by atoms with E-state index in [4.69, 9.17) is 9.47 Å². The predicted octanol–water partition coefficient (Wildman–Crippen LogP) is 1.78. The molecule has 0 aliphatic carbocycles. The zero-order valence-corrected chi connectivity index (χ0v) is 16.9. The lowest BCUT2D eigenvalue weighted by atomic mass is 10.1. The Kier molecular flexibility index (Phi) is 6.56. The number of pyridine rings is 1. The summed E-state index contributed by atoms with van der Waals surface area (Å²) in [7, 11) is 0. The number of aromatic nitrogens is 1. The van der Waals surface area contributed by atoms with Crippen molar-refractivity contribution in [3.05, 3.63) is 53.9 Å². The number of ether oxygens (including phenoxy) is 2. The lowest BCUT2D eigenvalue weighted by Crippen LogP contribution is -2.39. The minimum atomic E-state index is -0.191. The van der Waals surface area contributed by atoms with Crippen LogP contribution in [0.3, 0.4) is 0 Å². The fraction of sp³-hybridized carbons (Fsp3) is 0.409. The van der Waals surface area contributed by atoms with Crippen LogP contribution in [0.5, 0.6) is 5.75 Å². The lowest BCUT2D eigenvalue weighted by Gasteiger charge is -2.28. The predicted molar refractivity (Wildman–Crippen MR) is 111 cm³/mol. The average Bonchev–Trinajstić information content (AvgIpc) is 2.79. The SMILES string of the molecule is O=C1COc2cc(C(=O)N(CCCN3CCOCC3)Cc3ccncc3)ccc2N1. The summed E-state index contributed by atoms with van der Waals surface area (Å²) in [6.45, 7) is 5.47. The molecule has 1 saturated heterocycles. The third-order valence-corrected chi connectivity index (χ3v) is 5.28. The van der Waals surface area contributed by atoms with Gasteiger partial charge in [-0.05, 0) is 42.3 Å². The van der Waals surface area contributed by atoms with Crippen LogP contribution in [0.2, 0.25) is 0 Å². The molecule has 4 rings (SSSR count). The third-order valence-electron chi connectivity index (χ3n) is 5.28. The highest BCUT2D eigenvalue weighted by Crippen LogP contribution is 2.29. The van der Waals surface area contributed by atoms with E-state index in [1.807, 2.05) is 17.0 Å². The summed E-state index contributed by atoms with van der Waals surface area (Å²) in [5.41, 5.74) is 2.17. The largest absolute Gasteiger partial charge is 0.482 e. The number of carbonyl (C=O) groups excluding carboxylic acids is 2. The summed E-state index contributed by atoms with van der Waals surface area (Å²) >= 11 is 0. The number of hydrogen-bond donors (Lipinski definition) is 1. The summed E-state index contributed by atoms with van der Waals surface area (Å²) in [6.07, 6.45) is 4.36. The van der Waals surface area contributed by atoms with Crippen molar-refractivity contribution >= 4 is 17.5 Å². The van der Waals surface area contributed by atoms with E-state index in [1.165, 1.54) is 0 Å². The number of carbonyl (C=O) groups is 2. The molecule has 0 spiro atoms. The molecular weight excluding hydrogens is 384 g/mol. The van der Waals surface area contributed by atoms with Crippen LogP contribution in [-0.4, -0.2) is 72.6 Å². The van der Waals surface area contributed by atoms with Gasteiger partial charge in [-0.1, -0.05) is 0 Å². The van der Waals surface area contributed by atoms with Crippen molar-refractivity contribution in [1.82, 2.24) is 14.8 Å². The molecule has 8 nitrogen and oxygen atoms in total. The first-order chi connectivity index (χ1) is 14.7. The molecule has 0 radical (unpaired) electrons. The Hall–Kier alpha value is -2.97. The molecule has 1 aromatic carbocycles. The van der Waals surface area contributed by atoms with Crippen molar-refractivity contribution in [1.29, 1.82) is 0 Å². The Balaban J connectivity index is 1.46. The molecule has 2 aliphatic heterocycles. The van der Waals surface area contributed by atoms with Gasteiger partial charge in [-0.2, -0.15) is 0 Å². The first kappa shape index (κ1) is 20.3. The molecule has 2 aliphatic rings. The number of benzene rings is 1. The van der Waals surface area contributed by atoms with Gasteiger partial charge in [-0.25, -0.2) is 0 Å². The fourth-order valence-electron chi connectivity index (χ4n) is 3.66. The average molecular weight is 410 g/mol. The number of hydrogen-bond acceptors (Lipinski definition) is 6. The van der Waals surface area contributed by atoms with Gasteiger partial charge in [0.05, 0.1) is 18.9 Å². The van der Waals surface area contributed by atoms with Crippen LogP contribution in [0.1, 0.15) is 22.3 Å². The van der Waals surface area contributed by atoms with Gasteiger partial charge in [0.25, 0.3) is 11.8 Å². The molecule has 2 aromatic rings. The van der Waals surface area contributed by atoms with Gasteiger partial charge < -0.3 is 19.7 Å². The van der Waals surface area contributed by atoms with Gasteiger partial charge in [-0.15, -0.1) is 0 Å². The van der Waals surface area contributed by atoms with E-state index in [-0.39, 0.29) is 18.4 Å². The Morgan fingerprint density at radius 2 is 1.97 bits per heavy atom. The number of anilines is 1. The number of nitrogens with zero attached hydrogens (tertiary/aromatic N) is 3. The smallest absolute Gasteiger partial charge is 0.262 e. The second kappa shape index (κ2) is 9.69. The summed E-state index contributed by atoms with van der Waals surface area (Å²) < 4.78 is 10.9. The Morgan fingerprint density at radius 1 is 1.17 bits per heavy atom. The number of morpholine rings is 1. The first-order valence-electron chi connectivity index (χ1n) is 10.2. The van der Waals surface area contributed by atoms with E-state index in [0.717, 1.165) is 44.8 Å². The number of nitrogens with one attached hydrogen (secondary N) is 1. The molecule has 3 heterocycles. The van der Waals surface area contributed by atoms with Crippen LogP contribution in [0.15, 0.2) is 42.7 Å². The molecule has 1 N–H and O–H groups in total. The minimum absolute atomic E-state index is 0.0368. The first-order valence-corrected chi connectivity index (χ1v) is 10.2. The molecular formula is C22H26N4O4. The lowest BCUT2D eigenvalue weighted by molar-refractivity contribution is -0.118. The van der Waals surface area contributed by atoms with Crippen molar-refractivity contribution in [2.75, 3.05) is 51.3 Å². The molecule has 0 saturated carbocycles. The quantitative estimate of drug-likeness (QED) is 0.749. The fourth-order valence-corrected chi connectivity index (χ4v) is 3.66.